The average molecular weight is 290 g/mol. The molecular weight excluding hydrogens is 273 g/mol. The van der Waals surface area contributed by atoms with Crippen molar-refractivity contribution in [1.82, 2.24) is 5.32 Å². The molecule has 1 N–H and O–H groups in total. The van der Waals surface area contributed by atoms with Crippen LogP contribution in [0.4, 0.5) is 0 Å². The molecule has 0 saturated heterocycles. The quantitative estimate of drug-likeness (QED) is 0.916. The van der Waals surface area contributed by atoms with Gasteiger partial charge in [-0.05, 0) is 39.8 Å². The number of halogens is 2. The van der Waals surface area contributed by atoms with E-state index < -0.39 is 0 Å². The summed E-state index contributed by atoms with van der Waals surface area (Å²) in [4.78, 5) is 12.0. The summed E-state index contributed by atoms with van der Waals surface area (Å²) in [5.74, 6) is 0.197. The van der Waals surface area contributed by atoms with Crippen LogP contribution < -0.4 is 10.1 Å². The molecule has 0 spiro atoms. The summed E-state index contributed by atoms with van der Waals surface area (Å²) in [6.07, 6.45) is 0. The first-order valence-corrected chi connectivity index (χ1v) is 6.44. The summed E-state index contributed by atoms with van der Waals surface area (Å²) in [5.41, 5.74) is 0.109. The van der Waals surface area contributed by atoms with Crippen LogP contribution >= 0.6 is 23.2 Å². The van der Waals surface area contributed by atoms with Crippen LogP contribution in [0.1, 0.15) is 38.1 Å². The van der Waals surface area contributed by atoms with E-state index in [1.807, 2.05) is 27.7 Å². The molecule has 0 fully saturated rings. The van der Waals surface area contributed by atoms with Crippen LogP contribution in [0, 0.1) is 0 Å². The van der Waals surface area contributed by atoms with Crippen molar-refractivity contribution < 1.29 is 9.53 Å². The van der Waals surface area contributed by atoms with Crippen molar-refractivity contribution in [2.24, 2.45) is 0 Å². The van der Waals surface area contributed by atoms with E-state index in [-0.39, 0.29) is 11.4 Å². The molecule has 1 amide bonds. The molecule has 0 heterocycles. The monoisotopic (exact) mass is 289 g/mol. The summed E-state index contributed by atoms with van der Waals surface area (Å²) < 4.78 is 5.31. The van der Waals surface area contributed by atoms with Crippen molar-refractivity contribution in [3.8, 4) is 5.75 Å². The van der Waals surface area contributed by atoms with Crippen molar-refractivity contribution in [2.45, 2.75) is 33.2 Å². The van der Waals surface area contributed by atoms with E-state index >= 15 is 0 Å². The third-order valence-corrected chi connectivity index (χ3v) is 2.60. The van der Waals surface area contributed by atoms with E-state index in [1.165, 1.54) is 0 Å². The van der Waals surface area contributed by atoms with Gasteiger partial charge in [-0.1, -0.05) is 23.2 Å². The second kappa shape index (κ2) is 5.81. The number of ether oxygens (including phenoxy) is 1. The van der Waals surface area contributed by atoms with Crippen LogP contribution in [0.25, 0.3) is 0 Å². The first-order valence-electron chi connectivity index (χ1n) is 5.69. The molecule has 1 aromatic rings. The molecular formula is C13H17Cl2NO2. The van der Waals surface area contributed by atoms with Gasteiger partial charge in [-0.3, -0.25) is 4.79 Å². The number of amides is 1. The van der Waals surface area contributed by atoms with Gasteiger partial charge in [0.05, 0.1) is 16.7 Å². The first-order chi connectivity index (χ1) is 8.24. The molecule has 5 heteroatoms. The van der Waals surface area contributed by atoms with Gasteiger partial charge in [-0.2, -0.15) is 0 Å². The Morgan fingerprint density at radius 2 is 1.78 bits per heavy atom. The molecule has 3 nitrogen and oxygen atoms in total. The van der Waals surface area contributed by atoms with Gasteiger partial charge >= 0.3 is 0 Å². The summed E-state index contributed by atoms with van der Waals surface area (Å²) in [7, 11) is 0. The number of hydrogen-bond donors (Lipinski definition) is 1. The highest BCUT2D eigenvalue weighted by Gasteiger charge is 2.18. The van der Waals surface area contributed by atoms with E-state index in [0.29, 0.717) is 28.0 Å². The van der Waals surface area contributed by atoms with Gasteiger partial charge in [0.15, 0.2) is 5.75 Å². The zero-order valence-electron chi connectivity index (χ0n) is 10.9. The maximum atomic E-state index is 12.0. The number of carbonyl (C=O) groups is 1. The lowest BCUT2D eigenvalue weighted by atomic mass is 10.1. The summed E-state index contributed by atoms with van der Waals surface area (Å²) in [6, 6.07) is 3.11. The van der Waals surface area contributed by atoms with Crippen molar-refractivity contribution >= 4 is 29.1 Å². The molecule has 0 atom stereocenters. The van der Waals surface area contributed by atoms with Crippen molar-refractivity contribution in [3.63, 3.8) is 0 Å². The Hall–Kier alpha value is -0.930. The number of benzene rings is 1. The summed E-state index contributed by atoms with van der Waals surface area (Å²) in [6.45, 7) is 8.02. The predicted molar refractivity (Wildman–Crippen MR) is 74.9 cm³/mol. The van der Waals surface area contributed by atoms with Crippen LogP contribution in [-0.2, 0) is 0 Å². The fourth-order valence-electron chi connectivity index (χ4n) is 1.39. The Kier molecular flexibility index (Phi) is 4.88. The molecule has 0 radical (unpaired) electrons. The highest BCUT2D eigenvalue weighted by molar-refractivity contribution is 6.37. The second-order valence-electron chi connectivity index (χ2n) is 4.91. The molecule has 1 rings (SSSR count). The molecule has 0 unspecified atom stereocenters. The highest BCUT2D eigenvalue weighted by Crippen LogP contribution is 2.34. The van der Waals surface area contributed by atoms with Gasteiger partial charge in [0.2, 0.25) is 0 Å². The molecule has 0 aliphatic rings. The average Bonchev–Trinajstić information content (AvgIpc) is 2.20. The van der Waals surface area contributed by atoms with Gasteiger partial charge < -0.3 is 10.1 Å². The Labute approximate surface area is 117 Å². The Balaban J connectivity index is 3.03. The van der Waals surface area contributed by atoms with E-state index in [2.05, 4.69) is 5.32 Å². The van der Waals surface area contributed by atoms with Crippen LogP contribution in [0.5, 0.6) is 5.75 Å². The molecule has 0 aliphatic carbocycles. The molecule has 0 aliphatic heterocycles. The molecule has 0 aromatic heterocycles. The Bertz CT molecular complexity index is 430. The predicted octanol–water partition coefficient (Wildman–Crippen LogP) is 3.92. The van der Waals surface area contributed by atoms with Gasteiger partial charge in [-0.15, -0.1) is 0 Å². The van der Waals surface area contributed by atoms with Gasteiger partial charge in [0.1, 0.15) is 0 Å². The normalized spacial score (nSPS) is 11.2. The number of nitrogens with one attached hydrogen (secondary N) is 1. The van der Waals surface area contributed by atoms with Crippen LogP contribution in [0.15, 0.2) is 12.1 Å². The summed E-state index contributed by atoms with van der Waals surface area (Å²) >= 11 is 12.1. The summed E-state index contributed by atoms with van der Waals surface area (Å²) in [5, 5.41) is 3.52. The topological polar surface area (TPSA) is 38.3 Å². The zero-order chi connectivity index (χ0) is 13.9. The van der Waals surface area contributed by atoms with Crippen LogP contribution in [-0.4, -0.2) is 18.1 Å². The van der Waals surface area contributed by atoms with Crippen molar-refractivity contribution in [1.29, 1.82) is 0 Å². The molecule has 18 heavy (non-hydrogen) atoms. The third kappa shape index (κ3) is 4.07. The van der Waals surface area contributed by atoms with Gasteiger partial charge in [-0.25, -0.2) is 0 Å². The van der Waals surface area contributed by atoms with Crippen LogP contribution in [0.3, 0.4) is 0 Å². The number of carbonyl (C=O) groups excluding carboxylic acids is 1. The lowest BCUT2D eigenvalue weighted by Gasteiger charge is -2.21. The fraction of sp³-hybridized carbons (Fsp3) is 0.462. The molecule has 0 bridgehead atoms. The highest BCUT2D eigenvalue weighted by atomic mass is 35.5. The first kappa shape index (κ1) is 15.1. The Morgan fingerprint density at radius 3 is 2.17 bits per heavy atom. The van der Waals surface area contributed by atoms with E-state index in [4.69, 9.17) is 27.9 Å². The zero-order valence-corrected chi connectivity index (χ0v) is 12.4. The smallest absolute Gasteiger partial charge is 0.251 e. The van der Waals surface area contributed by atoms with Crippen LogP contribution in [0.2, 0.25) is 10.0 Å². The fourth-order valence-corrected chi connectivity index (χ4v) is 1.98. The lowest BCUT2D eigenvalue weighted by Crippen LogP contribution is -2.40. The van der Waals surface area contributed by atoms with Gasteiger partial charge in [0.25, 0.3) is 5.91 Å². The SMILES string of the molecule is CCOc1c(Cl)cc(C(=O)NC(C)(C)C)cc1Cl. The minimum atomic E-state index is -0.311. The lowest BCUT2D eigenvalue weighted by molar-refractivity contribution is 0.0919. The maximum absolute atomic E-state index is 12.0. The molecule has 0 saturated carbocycles. The van der Waals surface area contributed by atoms with Gasteiger partial charge in [0, 0.05) is 11.1 Å². The minimum absolute atomic E-state index is 0.214. The standard InChI is InChI=1S/C13H17Cl2NO2/c1-5-18-11-9(14)6-8(7-10(11)15)12(17)16-13(2,3)4/h6-7H,5H2,1-4H3,(H,16,17). The molecule has 1 aromatic carbocycles. The van der Waals surface area contributed by atoms with E-state index in [9.17, 15) is 4.79 Å². The van der Waals surface area contributed by atoms with E-state index in [1.54, 1.807) is 12.1 Å². The van der Waals surface area contributed by atoms with Crippen molar-refractivity contribution in [2.75, 3.05) is 6.61 Å². The number of hydrogen-bond acceptors (Lipinski definition) is 2. The largest absolute Gasteiger partial charge is 0.491 e. The third-order valence-electron chi connectivity index (χ3n) is 2.04. The maximum Gasteiger partial charge on any atom is 0.251 e. The van der Waals surface area contributed by atoms with Crippen molar-refractivity contribution in [3.05, 3.63) is 27.7 Å². The van der Waals surface area contributed by atoms with E-state index in [0.717, 1.165) is 0 Å². The second-order valence-corrected chi connectivity index (χ2v) is 5.72. The Morgan fingerprint density at radius 1 is 1.28 bits per heavy atom. The molecule has 100 valence electrons. The minimum Gasteiger partial charge on any atom is -0.491 e. The number of rotatable bonds is 3.